The van der Waals surface area contributed by atoms with Crippen molar-refractivity contribution in [2.45, 2.75) is 6.04 Å². The summed E-state index contributed by atoms with van der Waals surface area (Å²) in [6, 6.07) is 2.99. The van der Waals surface area contributed by atoms with Crippen molar-refractivity contribution in [3.63, 3.8) is 0 Å². The molecule has 1 aromatic rings. The largest absolute Gasteiger partial charge is 0.505 e. The van der Waals surface area contributed by atoms with Crippen molar-refractivity contribution >= 4 is 0 Å². The fourth-order valence-electron chi connectivity index (χ4n) is 1.07. The van der Waals surface area contributed by atoms with Gasteiger partial charge < -0.3 is 15.9 Å². The number of aliphatic hydroxyl groups is 1. The lowest BCUT2D eigenvalue weighted by atomic mass is 10.0. The summed E-state index contributed by atoms with van der Waals surface area (Å²) in [6.07, 6.45) is 0. The Balaban J connectivity index is 3.28. The number of benzene rings is 1. The zero-order valence-corrected chi connectivity index (χ0v) is 7.24. The van der Waals surface area contributed by atoms with Gasteiger partial charge in [0.1, 0.15) is 0 Å². The highest BCUT2D eigenvalue weighted by Gasteiger charge is 2.15. The van der Waals surface area contributed by atoms with E-state index in [1.807, 2.05) is 0 Å². The highest BCUT2D eigenvalue weighted by Crippen LogP contribution is 2.27. The molecule has 0 bridgehead atoms. The summed E-state index contributed by atoms with van der Waals surface area (Å²) in [6.45, 7) is -0.429. The van der Waals surface area contributed by atoms with Gasteiger partial charge in [0.05, 0.1) is 24.3 Å². The van der Waals surface area contributed by atoms with Gasteiger partial charge in [0, 0.05) is 5.56 Å². The molecule has 0 amide bonds. The number of rotatable bonds is 2. The van der Waals surface area contributed by atoms with E-state index in [-0.39, 0.29) is 11.1 Å². The first-order valence-corrected chi connectivity index (χ1v) is 3.89. The number of hydrogen-bond acceptors (Lipinski definition) is 4. The molecule has 1 rings (SSSR count). The highest BCUT2D eigenvalue weighted by atomic mass is 19.1. The lowest BCUT2D eigenvalue weighted by Gasteiger charge is -2.11. The summed E-state index contributed by atoms with van der Waals surface area (Å²) in [4.78, 5) is 0. The normalized spacial score (nSPS) is 12.1. The molecule has 5 heteroatoms. The van der Waals surface area contributed by atoms with Crippen molar-refractivity contribution in [1.82, 2.24) is 0 Å². The van der Waals surface area contributed by atoms with Gasteiger partial charge >= 0.3 is 0 Å². The molecule has 0 aliphatic heterocycles. The Bertz CT molecular complexity index is 387. The second-order valence-corrected chi connectivity index (χ2v) is 2.80. The van der Waals surface area contributed by atoms with Gasteiger partial charge in [-0.15, -0.1) is 0 Å². The van der Waals surface area contributed by atoms with Gasteiger partial charge in [-0.2, -0.15) is 5.26 Å². The fourth-order valence-corrected chi connectivity index (χ4v) is 1.07. The predicted molar refractivity (Wildman–Crippen MR) is 46.8 cm³/mol. The monoisotopic (exact) mass is 196 g/mol. The van der Waals surface area contributed by atoms with Crippen molar-refractivity contribution in [2.24, 2.45) is 5.73 Å². The van der Waals surface area contributed by atoms with Crippen LogP contribution < -0.4 is 5.73 Å². The molecule has 0 aromatic heterocycles. The first kappa shape index (κ1) is 10.4. The van der Waals surface area contributed by atoms with Crippen LogP contribution in [-0.2, 0) is 0 Å². The minimum Gasteiger partial charge on any atom is -0.505 e. The molecule has 0 saturated carbocycles. The molecule has 1 atom stereocenters. The lowest BCUT2D eigenvalue weighted by Crippen LogP contribution is -2.15. The number of aromatic hydroxyl groups is 1. The third-order valence-electron chi connectivity index (χ3n) is 1.82. The molecule has 4 nitrogen and oxygen atoms in total. The molecule has 0 aliphatic carbocycles. The Morgan fingerprint density at radius 2 is 2.21 bits per heavy atom. The van der Waals surface area contributed by atoms with Crippen LogP contribution in [0.25, 0.3) is 0 Å². The van der Waals surface area contributed by atoms with E-state index in [9.17, 15) is 9.50 Å². The maximum absolute atomic E-state index is 13.0. The van der Waals surface area contributed by atoms with Crippen molar-refractivity contribution in [3.8, 4) is 11.8 Å². The van der Waals surface area contributed by atoms with Gasteiger partial charge in [0.25, 0.3) is 0 Å². The summed E-state index contributed by atoms with van der Waals surface area (Å²) < 4.78 is 13.0. The average Bonchev–Trinajstić information content (AvgIpc) is 2.20. The fraction of sp³-hybridized carbons (Fsp3) is 0.222. The van der Waals surface area contributed by atoms with Crippen molar-refractivity contribution in [1.29, 1.82) is 5.26 Å². The molecule has 0 heterocycles. The Labute approximate surface area is 80.0 Å². The van der Waals surface area contributed by atoms with Crippen LogP contribution >= 0.6 is 0 Å². The van der Waals surface area contributed by atoms with E-state index in [2.05, 4.69) is 0 Å². The number of aliphatic hydroxyl groups excluding tert-OH is 1. The van der Waals surface area contributed by atoms with Gasteiger partial charge in [-0.05, 0) is 12.1 Å². The van der Waals surface area contributed by atoms with E-state index in [0.29, 0.717) is 0 Å². The van der Waals surface area contributed by atoms with E-state index < -0.39 is 24.2 Å². The molecule has 0 spiro atoms. The van der Waals surface area contributed by atoms with Gasteiger partial charge in [-0.1, -0.05) is 0 Å². The SMILES string of the molecule is N#Cc1cc(F)c(O)c([C@@H](N)CO)c1. The lowest BCUT2D eigenvalue weighted by molar-refractivity contribution is 0.264. The third-order valence-corrected chi connectivity index (χ3v) is 1.82. The maximum atomic E-state index is 13.0. The zero-order valence-electron chi connectivity index (χ0n) is 7.24. The first-order valence-electron chi connectivity index (χ1n) is 3.89. The molecule has 0 unspecified atom stereocenters. The molecule has 1 aromatic carbocycles. The van der Waals surface area contributed by atoms with E-state index in [4.69, 9.17) is 16.1 Å². The van der Waals surface area contributed by atoms with Crippen molar-refractivity contribution < 1.29 is 14.6 Å². The van der Waals surface area contributed by atoms with Crippen molar-refractivity contribution in [3.05, 3.63) is 29.1 Å². The van der Waals surface area contributed by atoms with E-state index in [1.165, 1.54) is 6.07 Å². The van der Waals surface area contributed by atoms with Crippen LogP contribution in [0, 0.1) is 17.1 Å². The van der Waals surface area contributed by atoms with E-state index in [1.54, 1.807) is 6.07 Å². The highest BCUT2D eigenvalue weighted by molar-refractivity contribution is 5.44. The number of phenols is 1. The summed E-state index contributed by atoms with van der Waals surface area (Å²) in [5.41, 5.74) is 5.49. The number of nitrogens with two attached hydrogens (primary N) is 1. The number of halogens is 1. The summed E-state index contributed by atoms with van der Waals surface area (Å²) >= 11 is 0. The quantitative estimate of drug-likeness (QED) is 0.638. The second kappa shape index (κ2) is 4.05. The third kappa shape index (κ3) is 1.82. The molecule has 0 radical (unpaired) electrons. The average molecular weight is 196 g/mol. The van der Waals surface area contributed by atoms with Crippen molar-refractivity contribution in [2.75, 3.05) is 6.61 Å². The van der Waals surface area contributed by atoms with Crippen LogP contribution in [0.2, 0.25) is 0 Å². The molecule has 4 N–H and O–H groups in total. The van der Waals surface area contributed by atoms with Gasteiger partial charge in [-0.25, -0.2) is 4.39 Å². The summed E-state index contributed by atoms with van der Waals surface area (Å²) in [5, 5.41) is 26.5. The number of hydrogen-bond donors (Lipinski definition) is 3. The van der Waals surface area contributed by atoms with Gasteiger partial charge in [0.15, 0.2) is 11.6 Å². The minimum absolute atomic E-state index is 0.0315. The van der Waals surface area contributed by atoms with Crippen LogP contribution in [-0.4, -0.2) is 16.8 Å². The number of phenolic OH excluding ortho intramolecular Hbond substituents is 1. The van der Waals surface area contributed by atoms with Crippen LogP contribution in [0.5, 0.6) is 5.75 Å². The van der Waals surface area contributed by atoms with E-state index >= 15 is 0 Å². The zero-order chi connectivity index (χ0) is 10.7. The molecule has 0 fully saturated rings. The van der Waals surface area contributed by atoms with Gasteiger partial charge in [-0.3, -0.25) is 0 Å². The Morgan fingerprint density at radius 3 is 2.71 bits per heavy atom. The van der Waals surface area contributed by atoms with Crippen LogP contribution in [0.3, 0.4) is 0 Å². The predicted octanol–water partition coefficient (Wildman–Crippen LogP) is 0.395. The molecular formula is C9H9FN2O2. The second-order valence-electron chi connectivity index (χ2n) is 2.80. The summed E-state index contributed by atoms with van der Waals surface area (Å²) in [7, 11) is 0. The smallest absolute Gasteiger partial charge is 0.166 e. The molecule has 0 aliphatic rings. The van der Waals surface area contributed by atoms with E-state index in [0.717, 1.165) is 6.07 Å². The Hall–Kier alpha value is -1.64. The van der Waals surface area contributed by atoms with Gasteiger partial charge in [0.2, 0.25) is 0 Å². The molecule has 74 valence electrons. The topological polar surface area (TPSA) is 90.3 Å². The van der Waals surface area contributed by atoms with Crippen LogP contribution in [0.4, 0.5) is 4.39 Å². The van der Waals surface area contributed by atoms with Crippen LogP contribution in [0.1, 0.15) is 17.2 Å². The standard InChI is InChI=1S/C9H9FN2O2/c10-7-2-5(3-11)1-6(9(7)14)8(12)4-13/h1-2,8,13-14H,4,12H2/t8-/m0/s1. The number of nitriles is 1. The molecule has 0 saturated heterocycles. The van der Waals surface area contributed by atoms with Crippen LogP contribution in [0.15, 0.2) is 12.1 Å². The Kier molecular flexibility index (Phi) is 3.02. The molecule has 14 heavy (non-hydrogen) atoms. The number of nitrogens with zero attached hydrogens (tertiary/aromatic N) is 1. The first-order chi connectivity index (χ1) is 6.60. The molecular weight excluding hydrogens is 187 g/mol. The minimum atomic E-state index is -0.914. The Morgan fingerprint density at radius 1 is 1.57 bits per heavy atom. The summed E-state index contributed by atoms with van der Waals surface area (Å²) in [5.74, 6) is -1.53. The maximum Gasteiger partial charge on any atom is 0.166 e.